The van der Waals surface area contributed by atoms with Crippen molar-refractivity contribution < 1.29 is 12.8 Å². The summed E-state index contributed by atoms with van der Waals surface area (Å²) in [5.74, 6) is -0.754. The number of hydrogen-bond donors (Lipinski definition) is 1. The maximum absolute atomic E-state index is 13.7. The lowest BCUT2D eigenvalue weighted by Crippen LogP contribution is -2.42. The van der Waals surface area contributed by atoms with Gasteiger partial charge in [-0.3, -0.25) is 4.90 Å². The summed E-state index contributed by atoms with van der Waals surface area (Å²) < 4.78 is 40.9. The Balaban J connectivity index is 2.76. The summed E-state index contributed by atoms with van der Waals surface area (Å²) in [5.41, 5.74) is 0. The molecule has 21 heavy (non-hydrogen) atoms. The van der Waals surface area contributed by atoms with E-state index in [-0.39, 0.29) is 11.4 Å². The molecule has 7 heteroatoms. The number of hydrogen-bond acceptors (Lipinski definition) is 3. The number of nitrogens with one attached hydrogen (secondary N) is 1. The Bertz CT molecular complexity index is 568. The molecule has 0 unspecified atom stereocenters. The Morgan fingerprint density at radius 3 is 2.33 bits per heavy atom. The van der Waals surface area contributed by atoms with Crippen LogP contribution in [0.4, 0.5) is 4.39 Å². The molecule has 1 aromatic rings. The van der Waals surface area contributed by atoms with Crippen LogP contribution in [0.3, 0.4) is 0 Å². The zero-order chi connectivity index (χ0) is 16.2. The zero-order valence-electron chi connectivity index (χ0n) is 12.7. The van der Waals surface area contributed by atoms with E-state index in [0.717, 1.165) is 6.07 Å². The molecule has 0 fully saturated rings. The molecule has 1 N–H and O–H groups in total. The van der Waals surface area contributed by atoms with Crippen LogP contribution in [-0.2, 0) is 10.0 Å². The van der Waals surface area contributed by atoms with E-state index in [9.17, 15) is 12.8 Å². The SMILES string of the molecule is CC(C)N(CCNS(=O)(=O)c1cc(Br)ccc1F)C(C)C. The molecule has 0 aliphatic rings. The van der Waals surface area contributed by atoms with E-state index in [0.29, 0.717) is 23.1 Å². The highest BCUT2D eigenvalue weighted by atomic mass is 79.9. The summed E-state index contributed by atoms with van der Waals surface area (Å²) in [6.07, 6.45) is 0. The molecule has 1 aromatic carbocycles. The first-order chi connectivity index (χ1) is 9.65. The molecule has 0 aromatic heterocycles. The van der Waals surface area contributed by atoms with Gasteiger partial charge in [-0.2, -0.15) is 0 Å². The van der Waals surface area contributed by atoms with Crippen LogP contribution in [0, 0.1) is 5.82 Å². The van der Waals surface area contributed by atoms with Crippen LogP contribution in [0.15, 0.2) is 27.6 Å². The van der Waals surface area contributed by atoms with E-state index in [1.165, 1.54) is 12.1 Å². The summed E-state index contributed by atoms with van der Waals surface area (Å²) in [5, 5.41) is 0. The molecule has 4 nitrogen and oxygen atoms in total. The van der Waals surface area contributed by atoms with Crippen molar-refractivity contribution in [1.82, 2.24) is 9.62 Å². The number of nitrogens with zero attached hydrogens (tertiary/aromatic N) is 1. The minimum Gasteiger partial charge on any atom is -0.297 e. The predicted octanol–water partition coefficient (Wildman–Crippen LogP) is 2.99. The summed E-state index contributed by atoms with van der Waals surface area (Å²) in [6.45, 7) is 9.05. The van der Waals surface area contributed by atoms with Crippen LogP contribution in [0.2, 0.25) is 0 Å². The van der Waals surface area contributed by atoms with Crippen molar-refractivity contribution in [3.63, 3.8) is 0 Å². The Labute approximate surface area is 134 Å². The smallest absolute Gasteiger partial charge is 0.243 e. The molecule has 0 saturated heterocycles. The largest absolute Gasteiger partial charge is 0.297 e. The second-order valence-electron chi connectivity index (χ2n) is 5.40. The van der Waals surface area contributed by atoms with Crippen molar-refractivity contribution in [2.75, 3.05) is 13.1 Å². The van der Waals surface area contributed by atoms with Gasteiger partial charge in [-0.1, -0.05) is 15.9 Å². The fourth-order valence-electron chi connectivity index (χ4n) is 2.18. The average molecular weight is 381 g/mol. The lowest BCUT2D eigenvalue weighted by atomic mass is 10.2. The highest BCUT2D eigenvalue weighted by Gasteiger charge is 2.20. The van der Waals surface area contributed by atoms with Gasteiger partial charge in [-0.05, 0) is 45.9 Å². The molecule has 120 valence electrons. The van der Waals surface area contributed by atoms with Crippen LogP contribution in [0.1, 0.15) is 27.7 Å². The van der Waals surface area contributed by atoms with E-state index < -0.39 is 15.8 Å². The highest BCUT2D eigenvalue weighted by molar-refractivity contribution is 9.10. The molecule has 0 amide bonds. The number of benzene rings is 1. The lowest BCUT2D eigenvalue weighted by molar-refractivity contribution is 0.179. The maximum atomic E-state index is 13.7. The topological polar surface area (TPSA) is 49.4 Å². The molecular formula is C14H22BrFN2O2S. The highest BCUT2D eigenvalue weighted by Crippen LogP contribution is 2.19. The molecule has 0 aliphatic heterocycles. The van der Waals surface area contributed by atoms with Gasteiger partial charge in [0.25, 0.3) is 0 Å². The van der Waals surface area contributed by atoms with E-state index in [4.69, 9.17) is 0 Å². The zero-order valence-corrected chi connectivity index (χ0v) is 15.1. The fraction of sp³-hybridized carbons (Fsp3) is 0.571. The van der Waals surface area contributed by atoms with Crippen molar-refractivity contribution in [2.24, 2.45) is 0 Å². The molecule has 0 saturated carbocycles. The van der Waals surface area contributed by atoms with Crippen LogP contribution in [-0.4, -0.2) is 38.5 Å². The first-order valence-electron chi connectivity index (χ1n) is 6.85. The van der Waals surface area contributed by atoms with Crippen molar-refractivity contribution >= 4 is 26.0 Å². The normalized spacial score (nSPS) is 12.6. The maximum Gasteiger partial charge on any atom is 0.243 e. The molecule has 0 spiro atoms. The van der Waals surface area contributed by atoms with Gasteiger partial charge >= 0.3 is 0 Å². The Hall–Kier alpha value is -0.500. The monoisotopic (exact) mass is 380 g/mol. The summed E-state index contributed by atoms with van der Waals surface area (Å²) in [7, 11) is -3.84. The van der Waals surface area contributed by atoms with Gasteiger partial charge < -0.3 is 0 Å². The van der Waals surface area contributed by atoms with Crippen molar-refractivity contribution in [3.05, 3.63) is 28.5 Å². The molecule has 0 aliphatic carbocycles. The van der Waals surface area contributed by atoms with Gasteiger partial charge in [0.05, 0.1) is 0 Å². The number of halogens is 2. The second kappa shape index (κ2) is 7.67. The predicted molar refractivity (Wildman–Crippen MR) is 86.3 cm³/mol. The minimum atomic E-state index is -3.84. The summed E-state index contributed by atoms with van der Waals surface area (Å²) in [6, 6.07) is 4.50. The van der Waals surface area contributed by atoms with Gasteiger partial charge in [0.15, 0.2) is 0 Å². The van der Waals surface area contributed by atoms with Crippen molar-refractivity contribution in [1.29, 1.82) is 0 Å². The van der Waals surface area contributed by atoms with Crippen LogP contribution in [0.25, 0.3) is 0 Å². The third kappa shape index (κ3) is 5.32. The second-order valence-corrected chi connectivity index (χ2v) is 8.05. The molecule has 0 bridgehead atoms. The Kier molecular flexibility index (Phi) is 6.77. The third-order valence-electron chi connectivity index (χ3n) is 3.17. The van der Waals surface area contributed by atoms with Gasteiger partial charge in [0.1, 0.15) is 10.7 Å². The molecule has 0 heterocycles. The van der Waals surface area contributed by atoms with E-state index in [1.807, 2.05) is 0 Å². The quantitative estimate of drug-likeness (QED) is 0.790. The van der Waals surface area contributed by atoms with Crippen LogP contribution in [0.5, 0.6) is 0 Å². The van der Waals surface area contributed by atoms with Crippen molar-refractivity contribution in [2.45, 2.75) is 44.7 Å². The van der Waals surface area contributed by atoms with Crippen molar-refractivity contribution in [3.8, 4) is 0 Å². The van der Waals surface area contributed by atoms with E-state index >= 15 is 0 Å². The fourth-order valence-corrected chi connectivity index (χ4v) is 3.82. The minimum absolute atomic E-state index is 0.241. The van der Waals surface area contributed by atoms with Crippen LogP contribution >= 0.6 is 15.9 Å². The summed E-state index contributed by atoms with van der Waals surface area (Å²) in [4.78, 5) is 1.83. The lowest BCUT2D eigenvalue weighted by Gasteiger charge is -2.30. The van der Waals surface area contributed by atoms with Gasteiger partial charge in [0.2, 0.25) is 10.0 Å². The van der Waals surface area contributed by atoms with Gasteiger partial charge in [-0.15, -0.1) is 0 Å². The number of sulfonamides is 1. The first-order valence-corrected chi connectivity index (χ1v) is 9.13. The van der Waals surface area contributed by atoms with E-state index in [2.05, 4.69) is 53.2 Å². The standard InChI is InChI=1S/C14H22BrFN2O2S/c1-10(2)18(11(3)4)8-7-17-21(19,20)14-9-12(15)5-6-13(14)16/h5-6,9-11,17H,7-8H2,1-4H3. The molecule has 0 atom stereocenters. The van der Waals surface area contributed by atoms with Gasteiger partial charge in [0, 0.05) is 29.6 Å². The Morgan fingerprint density at radius 1 is 1.24 bits per heavy atom. The first kappa shape index (κ1) is 18.5. The van der Waals surface area contributed by atoms with Crippen LogP contribution < -0.4 is 4.72 Å². The number of rotatable bonds is 7. The Morgan fingerprint density at radius 2 is 1.81 bits per heavy atom. The van der Waals surface area contributed by atoms with E-state index in [1.54, 1.807) is 0 Å². The third-order valence-corrected chi connectivity index (χ3v) is 5.14. The van der Waals surface area contributed by atoms with Gasteiger partial charge in [-0.25, -0.2) is 17.5 Å². The molecule has 0 radical (unpaired) electrons. The average Bonchev–Trinajstić information content (AvgIpc) is 2.36. The molecule has 1 rings (SSSR count). The molecular weight excluding hydrogens is 359 g/mol. The summed E-state index contributed by atoms with van der Waals surface area (Å²) >= 11 is 3.15.